The van der Waals surface area contributed by atoms with E-state index in [1.807, 2.05) is 11.9 Å². The molecule has 0 saturated carbocycles. The van der Waals surface area contributed by atoms with Gasteiger partial charge in [-0.2, -0.15) is 0 Å². The van der Waals surface area contributed by atoms with Crippen LogP contribution in [0.4, 0.5) is 0 Å². The Morgan fingerprint density at radius 1 is 1.38 bits per heavy atom. The van der Waals surface area contributed by atoms with Crippen molar-refractivity contribution in [1.82, 2.24) is 10.2 Å². The summed E-state index contributed by atoms with van der Waals surface area (Å²) < 4.78 is 5.50. The number of ether oxygens (including phenoxy) is 1. The van der Waals surface area contributed by atoms with Crippen LogP contribution < -0.4 is 5.32 Å². The van der Waals surface area contributed by atoms with Gasteiger partial charge in [-0.15, -0.1) is 0 Å². The Labute approximate surface area is 126 Å². The van der Waals surface area contributed by atoms with Gasteiger partial charge in [-0.3, -0.25) is 4.79 Å². The monoisotopic (exact) mass is 288 g/mol. The molecule has 1 aromatic rings. The molecule has 4 heteroatoms. The lowest BCUT2D eigenvalue weighted by Gasteiger charge is -2.32. The summed E-state index contributed by atoms with van der Waals surface area (Å²) in [6.45, 7) is 3.25. The van der Waals surface area contributed by atoms with Gasteiger partial charge >= 0.3 is 0 Å². The van der Waals surface area contributed by atoms with Gasteiger partial charge in [0.15, 0.2) is 0 Å². The fraction of sp³-hybridized carbons (Fsp3) is 0.588. The zero-order valence-electron chi connectivity index (χ0n) is 12.7. The van der Waals surface area contributed by atoms with Gasteiger partial charge in [0.2, 0.25) is 5.91 Å². The molecule has 1 fully saturated rings. The van der Waals surface area contributed by atoms with Crippen molar-refractivity contribution in [2.24, 2.45) is 5.92 Å². The Balaban J connectivity index is 1.58. The van der Waals surface area contributed by atoms with Gasteiger partial charge in [-0.05, 0) is 36.3 Å². The average molecular weight is 288 g/mol. The molecule has 0 radical (unpaired) electrons. The summed E-state index contributed by atoms with van der Waals surface area (Å²) in [5.74, 6) is 0.693. The largest absolute Gasteiger partial charge is 0.381 e. The second kappa shape index (κ2) is 6.58. The fourth-order valence-electron chi connectivity index (χ4n) is 3.32. The first-order valence-corrected chi connectivity index (χ1v) is 7.87. The highest BCUT2D eigenvalue weighted by molar-refractivity contribution is 5.82. The molecular weight excluding hydrogens is 264 g/mol. The minimum atomic E-state index is -0.0885. The molecule has 2 heterocycles. The second-order valence-electron chi connectivity index (χ2n) is 6.21. The van der Waals surface area contributed by atoms with E-state index in [2.05, 4.69) is 29.6 Å². The predicted molar refractivity (Wildman–Crippen MR) is 82.0 cm³/mol. The molecule has 1 saturated heterocycles. The molecule has 1 amide bonds. The molecule has 2 aliphatic rings. The van der Waals surface area contributed by atoms with Crippen molar-refractivity contribution in [3.8, 4) is 0 Å². The van der Waals surface area contributed by atoms with Crippen LogP contribution in [0.5, 0.6) is 0 Å². The van der Waals surface area contributed by atoms with Crippen LogP contribution >= 0.6 is 0 Å². The van der Waals surface area contributed by atoms with Gasteiger partial charge in [0.05, 0.1) is 12.6 Å². The van der Waals surface area contributed by atoms with Crippen LogP contribution in [0, 0.1) is 5.92 Å². The molecule has 0 bridgehead atoms. The lowest BCUT2D eigenvalue weighted by atomic mass is 9.95. The van der Waals surface area contributed by atoms with Crippen LogP contribution in [0.1, 0.15) is 24.0 Å². The van der Waals surface area contributed by atoms with Crippen LogP contribution in [-0.2, 0) is 22.5 Å². The molecule has 1 N–H and O–H groups in total. The molecule has 1 unspecified atom stereocenters. The Kier molecular flexibility index (Phi) is 4.56. The maximum atomic E-state index is 12.6. The van der Waals surface area contributed by atoms with E-state index in [0.29, 0.717) is 5.92 Å². The first-order valence-electron chi connectivity index (χ1n) is 7.87. The molecule has 114 valence electrons. The van der Waals surface area contributed by atoms with Crippen molar-refractivity contribution >= 4 is 5.91 Å². The summed E-state index contributed by atoms with van der Waals surface area (Å²) in [5.41, 5.74) is 2.61. The van der Waals surface area contributed by atoms with Gasteiger partial charge in [0.1, 0.15) is 0 Å². The molecule has 2 atom stereocenters. The number of nitrogens with zero attached hydrogens (tertiary/aromatic N) is 1. The van der Waals surface area contributed by atoms with E-state index in [1.54, 1.807) is 0 Å². The van der Waals surface area contributed by atoms with Gasteiger partial charge in [-0.25, -0.2) is 0 Å². The van der Waals surface area contributed by atoms with Gasteiger partial charge in [0.25, 0.3) is 0 Å². The molecule has 21 heavy (non-hydrogen) atoms. The van der Waals surface area contributed by atoms with Crippen molar-refractivity contribution in [2.45, 2.75) is 31.8 Å². The van der Waals surface area contributed by atoms with Crippen LogP contribution in [0.2, 0.25) is 0 Å². The van der Waals surface area contributed by atoms with Crippen LogP contribution in [0.3, 0.4) is 0 Å². The number of hydrogen-bond acceptors (Lipinski definition) is 3. The summed E-state index contributed by atoms with van der Waals surface area (Å²) in [6, 6.07) is 8.28. The van der Waals surface area contributed by atoms with Gasteiger partial charge in [-0.1, -0.05) is 24.3 Å². The number of carbonyl (C=O) groups is 1. The minimum absolute atomic E-state index is 0.0885. The van der Waals surface area contributed by atoms with Crippen LogP contribution in [0.25, 0.3) is 0 Å². The first-order chi connectivity index (χ1) is 10.2. The molecule has 0 spiro atoms. The lowest BCUT2D eigenvalue weighted by molar-refractivity contribution is -0.133. The van der Waals surface area contributed by atoms with Crippen LogP contribution in [-0.4, -0.2) is 43.7 Å². The highest BCUT2D eigenvalue weighted by atomic mass is 16.5. The highest BCUT2D eigenvalue weighted by Crippen LogP contribution is 2.19. The molecule has 0 aromatic heterocycles. The van der Waals surface area contributed by atoms with Crippen molar-refractivity contribution in [2.75, 3.05) is 26.8 Å². The van der Waals surface area contributed by atoms with E-state index in [9.17, 15) is 4.79 Å². The van der Waals surface area contributed by atoms with Crippen molar-refractivity contribution in [3.05, 3.63) is 35.4 Å². The number of nitrogens with one attached hydrogen (secondary N) is 1. The molecule has 3 rings (SSSR count). The maximum absolute atomic E-state index is 12.6. The molecule has 1 aromatic carbocycles. The molecule has 2 aliphatic heterocycles. The molecule has 4 nitrogen and oxygen atoms in total. The van der Waals surface area contributed by atoms with Crippen molar-refractivity contribution in [1.29, 1.82) is 0 Å². The van der Waals surface area contributed by atoms with E-state index in [4.69, 9.17) is 4.74 Å². The second-order valence-corrected chi connectivity index (χ2v) is 6.21. The average Bonchev–Trinajstić information content (AvgIpc) is 2.54. The lowest BCUT2D eigenvalue weighted by Crippen LogP contribution is -2.49. The van der Waals surface area contributed by atoms with E-state index in [-0.39, 0.29) is 11.9 Å². The molecular formula is C17H24N2O2. The number of hydrogen-bond donors (Lipinski definition) is 1. The normalized spacial score (nSPS) is 25.2. The molecule has 0 aliphatic carbocycles. The third-order valence-electron chi connectivity index (χ3n) is 4.54. The first kappa shape index (κ1) is 14.5. The highest BCUT2D eigenvalue weighted by Gasteiger charge is 2.27. The van der Waals surface area contributed by atoms with Gasteiger partial charge < -0.3 is 15.0 Å². The fourth-order valence-corrected chi connectivity index (χ4v) is 3.32. The maximum Gasteiger partial charge on any atom is 0.239 e. The number of rotatable bonds is 3. The van der Waals surface area contributed by atoms with E-state index >= 15 is 0 Å². The number of carbonyl (C=O) groups excluding carboxylic acids is 1. The van der Waals surface area contributed by atoms with E-state index < -0.39 is 0 Å². The number of benzene rings is 1. The van der Waals surface area contributed by atoms with Gasteiger partial charge in [0, 0.05) is 26.7 Å². The SMILES string of the molecule is CN(CC1CCCOC1)C(=O)[C@@H]1Cc2ccccc2CN1. The smallest absolute Gasteiger partial charge is 0.239 e. The summed E-state index contributed by atoms with van der Waals surface area (Å²) >= 11 is 0. The Morgan fingerprint density at radius 2 is 2.19 bits per heavy atom. The number of amides is 1. The van der Waals surface area contributed by atoms with Crippen molar-refractivity contribution < 1.29 is 9.53 Å². The Morgan fingerprint density at radius 3 is 2.95 bits per heavy atom. The zero-order valence-corrected chi connectivity index (χ0v) is 12.7. The summed E-state index contributed by atoms with van der Waals surface area (Å²) in [5, 5.41) is 3.37. The quantitative estimate of drug-likeness (QED) is 0.918. The standard InChI is InChI=1S/C17H24N2O2/c1-19(11-13-5-4-8-21-12-13)17(20)16-9-14-6-2-3-7-15(14)10-18-16/h2-3,6-7,13,16,18H,4-5,8-12H2,1H3/t13?,16-/m0/s1. The van der Waals surface area contributed by atoms with E-state index in [1.165, 1.54) is 17.5 Å². The predicted octanol–water partition coefficient (Wildman–Crippen LogP) is 1.59. The third kappa shape index (κ3) is 3.44. The number of fused-ring (bicyclic) bond motifs is 1. The summed E-state index contributed by atoms with van der Waals surface area (Å²) in [6.07, 6.45) is 3.07. The Bertz CT molecular complexity index is 497. The van der Waals surface area contributed by atoms with Crippen LogP contribution in [0.15, 0.2) is 24.3 Å². The Hall–Kier alpha value is -1.39. The topological polar surface area (TPSA) is 41.6 Å². The summed E-state index contributed by atoms with van der Waals surface area (Å²) in [4.78, 5) is 14.5. The minimum Gasteiger partial charge on any atom is -0.381 e. The third-order valence-corrected chi connectivity index (χ3v) is 4.54. The number of likely N-dealkylation sites (N-methyl/N-ethyl adjacent to an activating group) is 1. The zero-order chi connectivity index (χ0) is 14.7. The summed E-state index contributed by atoms with van der Waals surface area (Å²) in [7, 11) is 1.92. The van der Waals surface area contributed by atoms with Crippen molar-refractivity contribution in [3.63, 3.8) is 0 Å². The van der Waals surface area contributed by atoms with E-state index in [0.717, 1.165) is 39.1 Å².